The molecule has 2 atom stereocenters. The van der Waals surface area contributed by atoms with Crippen LogP contribution in [0.4, 0.5) is 4.79 Å². The second-order valence-electron chi connectivity index (χ2n) is 15.7. The molecule has 0 spiro atoms. The molecule has 0 aliphatic carbocycles. The fraction of sp³-hybridized carbons (Fsp3) is 0.391. The number of hydrogen-bond acceptors (Lipinski definition) is 18. The van der Waals surface area contributed by atoms with Gasteiger partial charge in [-0.2, -0.15) is 0 Å². The molecule has 4 amide bonds. The molecule has 19 nitrogen and oxygen atoms in total. The molecule has 0 aliphatic rings. The zero-order valence-corrected chi connectivity index (χ0v) is 41.1. The first kappa shape index (κ1) is 53.8. The summed E-state index contributed by atoms with van der Waals surface area (Å²) in [6, 6.07) is 15.3. The fourth-order valence-electron chi connectivity index (χ4n) is 5.89. The number of hydrogen-bond donors (Lipinski definition) is 6. The maximum atomic E-state index is 12.8. The topological polar surface area (TPSA) is 263 Å². The number of amides is 4. The summed E-state index contributed by atoms with van der Waals surface area (Å²) in [5.41, 5.74) is 2.21. The van der Waals surface area contributed by atoms with Crippen LogP contribution in [0.25, 0.3) is 0 Å². The summed E-state index contributed by atoms with van der Waals surface area (Å²) in [5.74, 6) is -2.33. The van der Waals surface area contributed by atoms with Gasteiger partial charge in [-0.1, -0.05) is 53.0 Å². The standard InChI is InChI=1S/C23H31N3O7S.C23H25N3O6S2/c1-14-18(34-22(25-14)32-11-7-9-15-8-6-10-16(27)12-15)19(28)26-17(20(29)31-5)13-24-21(30)33-23(2,3)4;1-14-19(34-23(25-14)32-10-4-7-15-6-3-8-16(27)12-15)21(29)26-17(22(30)31-2)13-24-20(28)18-9-5-11-33-18/h6,8,10,12,17,27H,7,9,11,13H2,1-5H3,(H,24,30)(H,26,28);3,5-6,8-9,11-12,17,27H,4,7,10,13H2,1-2H3,(H,24,28)(H,26,29)/t2*17-/m00/s1. The molecule has 0 unspecified atom stereocenters. The highest BCUT2D eigenvalue weighted by atomic mass is 32.1. The van der Waals surface area contributed by atoms with Crippen molar-refractivity contribution in [2.75, 3.05) is 40.5 Å². The van der Waals surface area contributed by atoms with E-state index < -0.39 is 47.5 Å². The molecule has 3 heterocycles. The maximum Gasteiger partial charge on any atom is 0.407 e. The van der Waals surface area contributed by atoms with Crippen LogP contribution in [-0.4, -0.2) is 114 Å². The summed E-state index contributed by atoms with van der Waals surface area (Å²) >= 11 is 3.41. The Balaban J connectivity index is 0.000000297. The number of alkyl carbamates (subject to hydrolysis) is 1. The number of thiazole rings is 2. The maximum absolute atomic E-state index is 12.8. The van der Waals surface area contributed by atoms with Crippen molar-refractivity contribution in [3.8, 4) is 21.9 Å². The van der Waals surface area contributed by atoms with Gasteiger partial charge in [0.1, 0.15) is 38.9 Å². The van der Waals surface area contributed by atoms with Crippen LogP contribution < -0.4 is 30.7 Å². The minimum atomic E-state index is -1.11. The number of carbonyl (C=O) groups is 6. The predicted molar refractivity (Wildman–Crippen MR) is 255 cm³/mol. The van der Waals surface area contributed by atoms with Crippen LogP contribution >= 0.6 is 34.0 Å². The fourth-order valence-corrected chi connectivity index (χ4v) is 8.22. The average molecular weight is 997 g/mol. The number of ether oxygens (including phenoxy) is 5. The third kappa shape index (κ3) is 18.1. The molecule has 0 saturated heterocycles. The number of carbonyl (C=O) groups excluding carboxylic acids is 6. The van der Waals surface area contributed by atoms with Gasteiger partial charge in [-0.25, -0.2) is 24.4 Å². The van der Waals surface area contributed by atoms with Crippen LogP contribution in [0.2, 0.25) is 0 Å². The predicted octanol–water partition coefficient (Wildman–Crippen LogP) is 5.90. The second kappa shape index (κ2) is 26.5. The normalized spacial score (nSPS) is 11.7. The van der Waals surface area contributed by atoms with E-state index in [-0.39, 0.29) is 35.4 Å². The van der Waals surface area contributed by atoms with Gasteiger partial charge in [0.15, 0.2) is 0 Å². The number of aryl methyl sites for hydroxylation is 4. The van der Waals surface area contributed by atoms with E-state index in [0.717, 1.165) is 46.6 Å². The number of esters is 2. The minimum Gasteiger partial charge on any atom is -0.508 e. The molecule has 366 valence electrons. The molecule has 68 heavy (non-hydrogen) atoms. The molecule has 0 radical (unpaired) electrons. The Morgan fingerprint density at radius 1 is 0.662 bits per heavy atom. The molecule has 5 rings (SSSR count). The van der Waals surface area contributed by atoms with Gasteiger partial charge in [-0.15, -0.1) is 11.3 Å². The molecule has 2 aromatic carbocycles. The van der Waals surface area contributed by atoms with Crippen LogP contribution in [0.5, 0.6) is 21.9 Å². The number of phenolic OH excluding ortho intramolecular Hbond substituents is 2. The van der Waals surface area contributed by atoms with Crippen LogP contribution in [0.1, 0.15) is 85.1 Å². The summed E-state index contributed by atoms with van der Waals surface area (Å²) in [5, 5.41) is 31.7. The number of benzene rings is 2. The Morgan fingerprint density at radius 2 is 1.13 bits per heavy atom. The molecule has 0 saturated carbocycles. The molecule has 3 aromatic heterocycles. The van der Waals surface area contributed by atoms with Crippen LogP contribution in [0, 0.1) is 13.8 Å². The van der Waals surface area contributed by atoms with Gasteiger partial charge in [-0.05, 0) is 107 Å². The first-order valence-electron chi connectivity index (χ1n) is 21.2. The van der Waals surface area contributed by atoms with Crippen molar-refractivity contribution in [1.29, 1.82) is 0 Å². The van der Waals surface area contributed by atoms with Gasteiger partial charge < -0.3 is 55.2 Å². The van der Waals surface area contributed by atoms with Crippen LogP contribution in [-0.2, 0) is 36.6 Å². The van der Waals surface area contributed by atoms with Gasteiger partial charge >= 0.3 is 18.0 Å². The highest BCUT2D eigenvalue weighted by Crippen LogP contribution is 2.26. The van der Waals surface area contributed by atoms with E-state index in [1.807, 2.05) is 12.1 Å². The Hall–Kier alpha value is -6.78. The van der Waals surface area contributed by atoms with E-state index in [4.69, 9.17) is 23.7 Å². The van der Waals surface area contributed by atoms with E-state index in [1.165, 1.54) is 25.6 Å². The third-order valence-corrected chi connectivity index (χ3v) is 12.1. The van der Waals surface area contributed by atoms with Crippen molar-refractivity contribution in [3.05, 3.63) is 103 Å². The SMILES string of the molecule is COC(=O)[C@H](CNC(=O)OC(C)(C)C)NC(=O)c1sc(OCCCc2cccc(O)c2)nc1C.COC(=O)[C@H](CNC(=O)c1cccs1)NC(=O)c1sc(OCCCc2cccc(O)c2)nc1C. The lowest BCUT2D eigenvalue weighted by Gasteiger charge is -2.21. The van der Waals surface area contributed by atoms with Crippen molar-refractivity contribution in [2.45, 2.75) is 78.0 Å². The molecule has 5 aromatic rings. The summed E-state index contributed by atoms with van der Waals surface area (Å²) in [4.78, 5) is 83.5. The van der Waals surface area contributed by atoms with Crippen LogP contribution in [0.3, 0.4) is 0 Å². The van der Waals surface area contributed by atoms with Crippen molar-refractivity contribution < 1.29 is 62.7 Å². The van der Waals surface area contributed by atoms with E-state index in [2.05, 4.69) is 31.2 Å². The van der Waals surface area contributed by atoms with Gasteiger partial charge in [0.05, 0.1) is 50.2 Å². The Kier molecular flexibility index (Phi) is 21.0. The average Bonchev–Trinajstić information content (AvgIpc) is 4.06. The molecular formula is C46H56N6O13S3. The smallest absolute Gasteiger partial charge is 0.407 e. The summed E-state index contributed by atoms with van der Waals surface area (Å²) < 4.78 is 26.0. The van der Waals surface area contributed by atoms with E-state index in [0.29, 0.717) is 57.6 Å². The van der Waals surface area contributed by atoms with E-state index >= 15 is 0 Å². The quantitative estimate of drug-likeness (QED) is 0.0284. The Morgan fingerprint density at radius 3 is 1.54 bits per heavy atom. The van der Waals surface area contributed by atoms with Crippen molar-refractivity contribution in [1.82, 2.24) is 31.2 Å². The number of nitrogens with zero attached hydrogens (tertiary/aromatic N) is 2. The lowest BCUT2D eigenvalue weighted by molar-refractivity contribution is -0.143. The monoisotopic (exact) mass is 996 g/mol. The summed E-state index contributed by atoms with van der Waals surface area (Å²) in [6.45, 7) is 8.93. The third-order valence-electron chi connectivity index (χ3n) is 9.10. The molecule has 6 N–H and O–H groups in total. The number of rotatable bonds is 21. The number of aromatic hydroxyl groups is 2. The zero-order valence-electron chi connectivity index (χ0n) is 38.7. The van der Waals surface area contributed by atoms with Gasteiger partial charge in [-0.3, -0.25) is 14.4 Å². The Labute approximate surface area is 405 Å². The molecule has 22 heteroatoms. The van der Waals surface area contributed by atoms with Crippen molar-refractivity contribution in [2.24, 2.45) is 0 Å². The zero-order chi connectivity index (χ0) is 49.8. The number of thiophene rings is 1. The first-order valence-corrected chi connectivity index (χ1v) is 23.7. The van der Waals surface area contributed by atoms with Gasteiger partial charge in [0, 0.05) is 6.54 Å². The number of nitrogens with one attached hydrogen (secondary N) is 4. The first-order chi connectivity index (χ1) is 32.3. The summed E-state index contributed by atoms with van der Waals surface area (Å²) in [6.07, 6.45) is 2.13. The molecular weight excluding hydrogens is 941 g/mol. The van der Waals surface area contributed by atoms with Gasteiger partial charge in [0.25, 0.3) is 28.1 Å². The highest BCUT2D eigenvalue weighted by molar-refractivity contribution is 7.16. The van der Waals surface area contributed by atoms with E-state index in [1.54, 1.807) is 88.5 Å². The molecule has 0 aliphatic heterocycles. The molecule has 0 fully saturated rings. The Bertz CT molecular complexity index is 2470. The number of methoxy groups -OCH3 is 2. The number of phenols is 2. The van der Waals surface area contributed by atoms with Crippen molar-refractivity contribution in [3.63, 3.8) is 0 Å². The minimum absolute atomic E-state index is 0.120. The highest BCUT2D eigenvalue weighted by Gasteiger charge is 2.28. The van der Waals surface area contributed by atoms with Crippen molar-refractivity contribution >= 4 is 69.8 Å². The summed E-state index contributed by atoms with van der Waals surface area (Å²) in [7, 11) is 2.40. The van der Waals surface area contributed by atoms with Crippen LogP contribution in [0.15, 0.2) is 66.0 Å². The molecule has 0 bridgehead atoms. The van der Waals surface area contributed by atoms with E-state index in [9.17, 15) is 39.0 Å². The second-order valence-corrected chi connectivity index (χ2v) is 18.6. The lowest BCUT2D eigenvalue weighted by atomic mass is 10.1. The lowest BCUT2D eigenvalue weighted by Crippen LogP contribution is -2.49. The number of aromatic nitrogens is 2. The largest absolute Gasteiger partial charge is 0.508 e. The van der Waals surface area contributed by atoms with Gasteiger partial charge in [0.2, 0.25) is 0 Å².